The Morgan fingerprint density at radius 2 is 2.12 bits per heavy atom. The van der Waals surface area contributed by atoms with E-state index in [2.05, 4.69) is 0 Å². The maximum Gasteiger partial charge on any atom is 0.322 e. The summed E-state index contributed by atoms with van der Waals surface area (Å²) in [6, 6.07) is -1.13. The molecule has 0 aromatic heterocycles. The van der Waals surface area contributed by atoms with Crippen molar-refractivity contribution in [2.24, 2.45) is 5.73 Å². The van der Waals surface area contributed by atoms with Crippen LogP contribution in [0.4, 0.5) is 0 Å². The standard InChI is InChI=1S/C3H7NO3.Na/c4-2(1-5)3(6)7;/h2,5H,1,4H2,(H,6,7);/t2-;/m0./s1. The quantitative estimate of drug-likeness (QED) is 0.376. The van der Waals surface area contributed by atoms with Gasteiger partial charge < -0.3 is 15.9 Å². The number of carboxylic acids is 1. The van der Waals surface area contributed by atoms with Crippen molar-refractivity contribution in [2.45, 2.75) is 6.04 Å². The fraction of sp³-hybridized carbons (Fsp3) is 0.667. The number of hydrogen-bond donors (Lipinski definition) is 3. The van der Waals surface area contributed by atoms with Gasteiger partial charge in [0.15, 0.2) is 0 Å². The monoisotopic (exact) mass is 128 g/mol. The van der Waals surface area contributed by atoms with Crippen LogP contribution in [-0.4, -0.2) is 58.4 Å². The number of rotatable bonds is 2. The van der Waals surface area contributed by atoms with Gasteiger partial charge in [0.05, 0.1) is 6.61 Å². The van der Waals surface area contributed by atoms with Gasteiger partial charge in [-0.1, -0.05) is 0 Å². The minimum atomic E-state index is -1.18. The fourth-order valence-electron chi connectivity index (χ4n) is 0.0781. The van der Waals surface area contributed by atoms with Crippen LogP contribution in [0.25, 0.3) is 0 Å². The predicted molar refractivity (Wildman–Crippen MR) is 28.5 cm³/mol. The Morgan fingerprint density at radius 1 is 1.75 bits per heavy atom. The molecule has 0 rings (SSSR count). The normalized spacial score (nSPS) is 11.8. The molecule has 0 spiro atoms. The smallest absolute Gasteiger partial charge is 0.322 e. The largest absolute Gasteiger partial charge is 0.480 e. The summed E-state index contributed by atoms with van der Waals surface area (Å²) >= 11 is 0. The topological polar surface area (TPSA) is 83.5 Å². The summed E-state index contributed by atoms with van der Waals surface area (Å²) < 4.78 is 0. The Kier molecular flexibility index (Phi) is 7.75. The maximum absolute atomic E-state index is 9.65. The van der Waals surface area contributed by atoms with Gasteiger partial charge in [-0.2, -0.15) is 0 Å². The molecule has 43 valence electrons. The first-order valence-electron chi connectivity index (χ1n) is 1.77. The van der Waals surface area contributed by atoms with Crippen molar-refractivity contribution in [1.82, 2.24) is 0 Å². The molecule has 0 aromatic rings. The summed E-state index contributed by atoms with van der Waals surface area (Å²) in [6.45, 7) is -0.505. The molecule has 0 bridgehead atoms. The van der Waals surface area contributed by atoms with Gasteiger partial charge in [-0.05, 0) is 0 Å². The van der Waals surface area contributed by atoms with Crippen LogP contribution in [0.2, 0.25) is 0 Å². The van der Waals surface area contributed by atoms with E-state index in [9.17, 15) is 4.79 Å². The molecule has 0 unspecified atom stereocenters. The molecule has 8 heavy (non-hydrogen) atoms. The Labute approximate surface area is 69.0 Å². The van der Waals surface area contributed by atoms with E-state index in [-0.39, 0.29) is 29.6 Å². The number of aliphatic hydroxyl groups is 1. The summed E-state index contributed by atoms with van der Waals surface area (Å²) in [5.74, 6) is -1.18. The van der Waals surface area contributed by atoms with Crippen molar-refractivity contribution < 1.29 is 15.0 Å². The number of hydrogen-bond acceptors (Lipinski definition) is 3. The first kappa shape index (κ1) is 11.2. The summed E-state index contributed by atoms with van der Waals surface area (Å²) in [6.07, 6.45) is 0. The van der Waals surface area contributed by atoms with Gasteiger partial charge >= 0.3 is 5.97 Å². The molecular formula is C3H7NNaO3. The van der Waals surface area contributed by atoms with E-state index >= 15 is 0 Å². The molecule has 1 atom stereocenters. The molecule has 0 saturated carbocycles. The zero-order chi connectivity index (χ0) is 5.86. The van der Waals surface area contributed by atoms with Crippen molar-refractivity contribution in [3.8, 4) is 0 Å². The van der Waals surface area contributed by atoms with E-state index in [1.165, 1.54) is 0 Å². The van der Waals surface area contributed by atoms with Crippen LogP contribution >= 0.6 is 0 Å². The first-order valence-corrected chi connectivity index (χ1v) is 1.77. The molecule has 0 aliphatic carbocycles. The maximum atomic E-state index is 9.65. The number of nitrogens with two attached hydrogens (primary N) is 1. The number of carbonyl (C=O) groups is 1. The van der Waals surface area contributed by atoms with E-state index in [1.807, 2.05) is 0 Å². The molecule has 4 N–H and O–H groups in total. The van der Waals surface area contributed by atoms with E-state index in [0.717, 1.165) is 0 Å². The Morgan fingerprint density at radius 3 is 2.12 bits per heavy atom. The molecule has 5 heteroatoms. The summed E-state index contributed by atoms with van der Waals surface area (Å²) in [4.78, 5) is 9.65. The Balaban J connectivity index is 0. The third kappa shape index (κ3) is 4.55. The Hall–Kier alpha value is 0.390. The van der Waals surface area contributed by atoms with Crippen molar-refractivity contribution >= 4 is 35.5 Å². The summed E-state index contributed by atoms with van der Waals surface area (Å²) in [5, 5.41) is 15.9. The van der Waals surface area contributed by atoms with Gasteiger partial charge in [-0.25, -0.2) is 0 Å². The third-order valence-electron chi connectivity index (χ3n) is 0.514. The second-order valence-electron chi connectivity index (χ2n) is 1.13. The van der Waals surface area contributed by atoms with Crippen LogP contribution in [0, 0.1) is 0 Å². The van der Waals surface area contributed by atoms with Gasteiger partial charge in [0.25, 0.3) is 0 Å². The SMILES string of the molecule is N[C@@H](CO)C(=O)O.[Na]. The summed E-state index contributed by atoms with van der Waals surface area (Å²) in [5.41, 5.74) is 4.77. The molecule has 0 aliphatic rings. The number of aliphatic carboxylic acids is 1. The second-order valence-corrected chi connectivity index (χ2v) is 1.13. The molecule has 4 nitrogen and oxygen atoms in total. The molecule has 0 saturated heterocycles. The fourth-order valence-corrected chi connectivity index (χ4v) is 0.0781. The second kappa shape index (κ2) is 5.53. The van der Waals surface area contributed by atoms with Crippen LogP contribution in [0.1, 0.15) is 0 Å². The van der Waals surface area contributed by atoms with Crippen LogP contribution in [0.3, 0.4) is 0 Å². The van der Waals surface area contributed by atoms with Crippen LogP contribution in [-0.2, 0) is 4.79 Å². The van der Waals surface area contributed by atoms with Gasteiger partial charge in [-0.15, -0.1) is 0 Å². The molecule has 0 aromatic carbocycles. The van der Waals surface area contributed by atoms with E-state index < -0.39 is 18.6 Å². The van der Waals surface area contributed by atoms with E-state index in [1.54, 1.807) is 0 Å². The van der Waals surface area contributed by atoms with Crippen LogP contribution in [0.5, 0.6) is 0 Å². The zero-order valence-corrected chi connectivity index (χ0v) is 6.66. The zero-order valence-electron chi connectivity index (χ0n) is 4.66. The van der Waals surface area contributed by atoms with Gasteiger partial charge in [-0.3, -0.25) is 4.79 Å². The van der Waals surface area contributed by atoms with E-state index in [4.69, 9.17) is 15.9 Å². The van der Waals surface area contributed by atoms with Crippen molar-refractivity contribution in [3.63, 3.8) is 0 Å². The van der Waals surface area contributed by atoms with Gasteiger partial charge in [0, 0.05) is 29.6 Å². The van der Waals surface area contributed by atoms with Crippen molar-refractivity contribution in [1.29, 1.82) is 0 Å². The molecule has 1 radical (unpaired) electrons. The average Bonchev–Trinajstić information content (AvgIpc) is 1.65. The van der Waals surface area contributed by atoms with E-state index in [0.29, 0.717) is 0 Å². The minimum Gasteiger partial charge on any atom is -0.480 e. The Bertz CT molecular complexity index is 76.9. The third-order valence-corrected chi connectivity index (χ3v) is 0.514. The predicted octanol–water partition coefficient (Wildman–Crippen LogP) is -1.99. The van der Waals surface area contributed by atoms with Crippen LogP contribution < -0.4 is 5.73 Å². The minimum absolute atomic E-state index is 0. The first-order chi connectivity index (χ1) is 3.18. The molecule has 0 heterocycles. The van der Waals surface area contributed by atoms with Crippen molar-refractivity contribution in [2.75, 3.05) is 6.61 Å². The molecule has 0 aliphatic heterocycles. The van der Waals surface area contributed by atoms with Crippen molar-refractivity contribution in [3.05, 3.63) is 0 Å². The molecule has 0 fully saturated rings. The summed E-state index contributed by atoms with van der Waals surface area (Å²) in [7, 11) is 0. The molecular weight excluding hydrogens is 121 g/mol. The number of carboxylic acid groups (broad SMARTS) is 1. The molecule has 0 amide bonds. The van der Waals surface area contributed by atoms with Gasteiger partial charge in [0.2, 0.25) is 0 Å². The average molecular weight is 128 g/mol. The van der Waals surface area contributed by atoms with Gasteiger partial charge in [0.1, 0.15) is 6.04 Å². The van der Waals surface area contributed by atoms with Crippen LogP contribution in [0.15, 0.2) is 0 Å². The number of aliphatic hydroxyl groups excluding tert-OH is 1.